The van der Waals surface area contributed by atoms with Gasteiger partial charge in [0.05, 0.1) is 0 Å². The summed E-state index contributed by atoms with van der Waals surface area (Å²) in [4.78, 5) is 5.04. The molecule has 2 saturated heterocycles. The molecule has 3 heteroatoms. The molecule has 3 rings (SSSR count). The van der Waals surface area contributed by atoms with E-state index >= 15 is 0 Å². The lowest BCUT2D eigenvalue weighted by Gasteiger charge is -2.34. The zero-order chi connectivity index (χ0) is 12.0. The van der Waals surface area contributed by atoms with Crippen LogP contribution in [0.2, 0.25) is 0 Å². The summed E-state index contributed by atoms with van der Waals surface area (Å²) in [6, 6.07) is 7.97. The number of fused-ring (bicyclic) bond motifs is 2. The van der Waals surface area contributed by atoms with Crippen molar-refractivity contribution in [2.45, 2.75) is 31.8 Å². The van der Waals surface area contributed by atoms with E-state index in [-0.39, 0.29) is 0 Å². The van der Waals surface area contributed by atoms with E-state index in [0.717, 1.165) is 18.2 Å². The molecule has 3 nitrogen and oxygen atoms in total. The van der Waals surface area contributed by atoms with Crippen LogP contribution < -0.4 is 10.6 Å². The lowest BCUT2D eigenvalue weighted by atomic mass is 10.1. The van der Waals surface area contributed by atoms with Crippen LogP contribution in [-0.2, 0) is 6.42 Å². The third kappa shape index (κ3) is 1.69. The molecule has 1 aromatic rings. The van der Waals surface area contributed by atoms with Crippen molar-refractivity contribution >= 4 is 11.4 Å². The third-order valence-electron chi connectivity index (χ3n) is 4.35. The van der Waals surface area contributed by atoms with Gasteiger partial charge in [0.25, 0.3) is 0 Å². The second-order valence-electron chi connectivity index (χ2n) is 5.37. The average Bonchev–Trinajstić information content (AvgIpc) is 2.88. The summed E-state index contributed by atoms with van der Waals surface area (Å²) in [6.45, 7) is 4.55. The van der Waals surface area contributed by atoms with Crippen LogP contribution in [0.1, 0.15) is 18.9 Å². The largest absolute Gasteiger partial charge is 0.399 e. The van der Waals surface area contributed by atoms with Crippen molar-refractivity contribution < 1.29 is 0 Å². The van der Waals surface area contributed by atoms with E-state index < -0.39 is 0 Å². The molecule has 2 N–H and O–H groups in total. The molecule has 2 heterocycles. The summed E-state index contributed by atoms with van der Waals surface area (Å²) < 4.78 is 0. The van der Waals surface area contributed by atoms with Gasteiger partial charge in [0.15, 0.2) is 0 Å². The fourth-order valence-corrected chi connectivity index (χ4v) is 3.26. The first-order valence-electron chi connectivity index (χ1n) is 6.54. The van der Waals surface area contributed by atoms with E-state index in [4.69, 9.17) is 5.73 Å². The number of likely N-dealkylation sites (tertiary alicyclic amines) is 1. The zero-order valence-corrected chi connectivity index (χ0v) is 10.7. The Morgan fingerprint density at radius 2 is 2.12 bits per heavy atom. The molecule has 2 aliphatic heterocycles. The molecule has 0 aliphatic carbocycles. The lowest BCUT2D eigenvalue weighted by molar-refractivity contribution is 0.292. The summed E-state index contributed by atoms with van der Waals surface area (Å²) in [6.07, 6.45) is 2.34. The quantitative estimate of drug-likeness (QED) is 0.787. The molecule has 17 heavy (non-hydrogen) atoms. The Morgan fingerprint density at radius 3 is 2.71 bits per heavy atom. The maximum absolute atomic E-state index is 5.97. The van der Waals surface area contributed by atoms with Crippen molar-refractivity contribution in [2.75, 3.05) is 30.8 Å². The first-order valence-corrected chi connectivity index (χ1v) is 6.54. The number of rotatable bonds is 2. The molecule has 1 aromatic carbocycles. The van der Waals surface area contributed by atoms with Crippen LogP contribution >= 0.6 is 0 Å². The van der Waals surface area contributed by atoms with Gasteiger partial charge in [0, 0.05) is 36.5 Å². The number of aryl methyl sites for hydroxylation is 1. The molecule has 0 radical (unpaired) electrons. The first kappa shape index (κ1) is 10.9. The second-order valence-corrected chi connectivity index (χ2v) is 5.37. The van der Waals surface area contributed by atoms with Crippen LogP contribution in [0.25, 0.3) is 0 Å². The monoisotopic (exact) mass is 231 g/mol. The number of hydrogen-bond donors (Lipinski definition) is 1. The maximum Gasteiger partial charge on any atom is 0.0433 e. The van der Waals surface area contributed by atoms with E-state index in [1.807, 2.05) is 0 Å². The Bertz CT molecular complexity index is 427. The molecule has 0 unspecified atom stereocenters. The fourth-order valence-electron chi connectivity index (χ4n) is 3.26. The summed E-state index contributed by atoms with van der Waals surface area (Å²) in [5.74, 6) is 0. The van der Waals surface area contributed by atoms with Crippen molar-refractivity contribution in [3.05, 3.63) is 23.8 Å². The molecular weight excluding hydrogens is 210 g/mol. The Labute approximate surface area is 103 Å². The van der Waals surface area contributed by atoms with Crippen LogP contribution in [0.15, 0.2) is 18.2 Å². The van der Waals surface area contributed by atoms with Crippen LogP contribution in [0, 0.1) is 0 Å². The minimum Gasteiger partial charge on any atom is -0.399 e. The molecule has 0 amide bonds. The zero-order valence-electron chi connectivity index (χ0n) is 10.7. The van der Waals surface area contributed by atoms with E-state index in [2.05, 4.69) is 42.0 Å². The van der Waals surface area contributed by atoms with E-state index in [1.165, 1.54) is 30.8 Å². The third-order valence-corrected chi connectivity index (χ3v) is 4.35. The smallest absolute Gasteiger partial charge is 0.0433 e. The van der Waals surface area contributed by atoms with Gasteiger partial charge >= 0.3 is 0 Å². The minimum atomic E-state index is 0.707. The number of anilines is 2. The van der Waals surface area contributed by atoms with Crippen molar-refractivity contribution in [1.82, 2.24) is 4.90 Å². The molecule has 2 fully saturated rings. The average molecular weight is 231 g/mol. The molecule has 0 spiro atoms. The Morgan fingerprint density at radius 1 is 1.29 bits per heavy atom. The molecule has 2 atom stereocenters. The predicted octanol–water partition coefficient (Wildman–Crippen LogP) is 1.72. The van der Waals surface area contributed by atoms with Gasteiger partial charge in [-0.25, -0.2) is 0 Å². The summed E-state index contributed by atoms with van der Waals surface area (Å²) in [5.41, 5.74) is 9.53. The van der Waals surface area contributed by atoms with Crippen molar-refractivity contribution in [1.29, 1.82) is 0 Å². The summed E-state index contributed by atoms with van der Waals surface area (Å²) in [7, 11) is 2.24. The van der Waals surface area contributed by atoms with Gasteiger partial charge in [0.1, 0.15) is 0 Å². The Hall–Kier alpha value is -1.22. The van der Waals surface area contributed by atoms with Gasteiger partial charge in [0.2, 0.25) is 0 Å². The van der Waals surface area contributed by atoms with Crippen LogP contribution in [-0.4, -0.2) is 37.1 Å². The van der Waals surface area contributed by atoms with Gasteiger partial charge in [-0.3, -0.25) is 4.90 Å². The van der Waals surface area contributed by atoms with Crippen molar-refractivity contribution in [3.63, 3.8) is 0 Å². The second kappa shape index (κ2) is 3.91. The molecule has 92 valence electrons. The maximum atomic E-state index is 5.97. The first-order chi connectivity index (χ1) is 8.19. The number of benzene rings is 1. The highest BCUT2D eigenvalue weighted by molar-refractivity contribution is 5.60. The number of nitrogen functional groups attached to an aromatic ring is 1. The Balaban J connectivity index is 1.86. The molecule has 2 aliphatic rings. The van der Waals surface area contributed by atoms with Crippen LogP contribution in [0.5, 0.6) is 0 Å². The highest BCUT2D eigenvalue weighted by atomic mass is 15.3. The van der Waals surface area contributed by atoms with Crippen LogP contribution in [0.4, 0.5) is 11.4 Å². The minimum absolute atomic E-state index is 0.707. The van der Waals surface area contributed by atoms with Gasteiger partial charge in [-0.15, -0.1) is 0 Å². The number of hydrogen-bond acceptors (Lipinski definition) is 3. The standard InChI is InChI=1S/C14H21N3/c1-3-10-6-11(4-5-14(10)15)17-9-12-7-13(17)8-16(12)2/h4-6,12-13H,3,7-9,15H2,1-2H3/t12-,13-/m1/s1. The van der Waals surface area contributed by atoms with Gasteiger partial charge in [-0.1, -0.05) is 6.92 Å². The topological polar surface area (TPSA) is 32.5 Å². The van der Waals surface area contributed by atoms with E-state index in [1.54, 1.807) is 0 Å². The molecule has 0 aromatic heterocycles. The number of nitrogens with zero attached hydrogens (tertiary/aromatic N) is 2. The highest BCUT2D eigenvalue weighted by Gasteiger charge is 2.41. The molecular formula is C14H21N3. The molecule has 2 bridgehead atoms. The summed E-state index contributed by atoms with van der Waals surface area (Å²) >= 11 is 0. The normalized spacial score (nSPS) is 28.0. The summed E-state index contributed by atoms with van der Waals surface area (Å²) in [5, 5.41) is 0. The van der Waals surface area contributed by atoms with Crippen LogP contribution in [0.3, 0.4) is 0 Å². The number of likely N-dealkylation sites (N-methyl/N-ethyl adjacent to an activating group) is 1. The number of piperazine rings is 1. The molecule has 0 saturated carbocycles. The van der Waals surface area contributed by atoms with Gasteiger partial charge in [-0.05, 0) is 43.7 Å². The van der Waals surface area contributed by atoms with Crippen molar-refractivity contribution in [2.24, 2.45) is 0 Å². The fraction of sp³-hybridized carbons (Fsp3) is 0.571. The van der Waals surface area contributed by atoms with Gasteiger partial charge < -0.3 is 10.6 Å². The highest BCUT2D eigenvalue weighted by Crippen LogP contribution is 2.34. The Kier molecular flexibility index (Phi) is 2.51. The number of nitrogens with two attached hydrogens (primary N) is 1. The predicted molar refractivity (Wildman–Crippen MR) is 72.4 cm³/mol. The SMILES string of the molecule is CCc1cc(N2C[C@H]3C[C@@H]2CN3C)ccc1N. The van der Waals surface area contributed by atoms with E-state index in [0.29, 0.717) is 6.04 Å². The van der Waals surface area contributed by atoms with Gasteiger partial charge in [-0.2, -0.15) is 0 Å². The van der Waals surface area contributed by atoms with Crippen molar-refractivity contribution in [3.8, 4) is 0 Å². The lowest BCUT2D eigenvalue weighted by Crippen LogP contribution is -2.44. The van der Waals surface area contributed by atoms with E-state index in [9.17, 15) is 0 Å².